The Labute approximate surface area is 78.1 Å². The first-order valence-corrected chi connectivity index (χ1v) is 4.41. The van der Waals surface area contributed by atoms with Crippen LogP contribution < -0.4 is 0 Å². The smallest absolute Gasteiger partial charge is 0.0633 e. The summed E-state index contributed by atoms with van der Waals surface area (Å²) >= 11 is 0. The fourth-order valence-corrected chi connectivity index (χ4v) is 1.25. The van der Waals surface area contributed by atoms with Crippen molar-refractivity contribution < 1.29 is 0 Å². The minimum absolute atomic E-state index is 0.936. The van der Waals surface area contributed by atoms with E-state index >= 15 is 0 Å². The Morgan fingerprint density at radius 1 is 1.00 bits per heavy atom. The van der Waals surface area contributed by atoms with Crippen molar-refractivity contribution in [1.82, 2.24) is 0 Å². The van der Waals surface area contributed by atoms with Crippen LogP contribution in [0.5, 0.6) is 0 Å². The minimum atomic E-state index is 0.936. The van der Waals surface area contributed by atoms with E-state index in [1.807, 2.05) is 48.6 Å². The van der Waals surface area contributed by atoms with E-state index in [1.165, 1.54) is 0 Å². The average Bonchev–Trinajstić information content (AvgIpc) is 2.21. The molecule has 0 aromatic heterocycles. The zero-order valence-electron chi connectivity index (χ0n) is 7.35. The topological polar surface area (TPSA) is 12.4 Å². The highest BCUT2D eigenvalue weighted by molar-refractivity contribution is 5.98. The highest BCUT2D eigenvalue weighted by atomic mass is 14.7. The van der Waals surface area contributed by atoms with Gasteiger partial charge in [0.15, 0.2) is 0 Å². The Morgan fingerprint density at radius 3 is 2.54 bits per heavy atom. The van der Waals surface area contributed by atoms with Gasteiger partial charge in [0, 0.05) is 12.1 Å². The summed E-state index contributed by atoms with van der Waals surface area (Å²) in [5.41, 5.74) is 2.14. The predicted octanol–water partition coefficient (Wildman–Crippen LogP) is 3.28. The van der Waals surface area contributed by atoms with Crippen LogP contribution in [0.2, 0.25) is 0 Å². The predicted molar refractivity (Wildman–Crippen MR) is 56.4 cm³/mol. The van der Waals surface area contributed by atoms with Crippen LogP contribution in [-0.4, -0.2) is 5.71 Å². The number of hydrogen-bond acceptors (Lipinski definition) is 1. The summed E-state index contributed by atoms with van der Waals surface area (Å²) in [6.45, 7) is 0. The summed E-state index contributed by atoms with van der Waals surface area (Å²) in [4.78, 5) is 4.50. The van der Waals surface area contributed by atoms with Crippen LogP contribution >= 0.6 is 0 Å². The summed E-state index contributed by atoms with van der Waals surface area (Å²) in [6.07, 6.45) is 9.16. The summed E-state index contributed by atoms with van der Waals surface area (Å²) in [6, 6.07) is 10.0. The molecule has 1 nitrogen and oxygen atoms in total. The number of para-hydroxylation sites is 1. The number of nitrogens with zero attached hydrogens (tertiary/aromatic N) is 1. The zero-order valence-corrected chi connectivity index (χ0v) is 7.35. The van der Waals surface area contributed by atoms with Crippen LogP contribution in [0.25, 0.3) is 0 Å². The lowest BCUT2D eigenvalue weighted by Gasteiger charge is -2.00. The maximum atomic E-state index is 4.50. The summed E-state index contributed by atoms with van der Waals surface area (Å²) in [7, 11) is 0. The standard InChI is InChI=1S/C12H11N/c1-3-7-11(8-4-1)13-12-9-5-2-6-10-12/h1-9H,10H2. The third-order valence-corrected chi connectivity index (χ3v) is 1.89. The van der Waals surface area contributed by atoms with Gasteiger partial charge >= 0.3 is 0 Å². The second kappa shape index (κ2) is 3.85. The molecule has 0 saturated heterocycles. The molecule has 0 fully saturated rings. The Bertz CT molecular complexity index is 358. The van der Waals surface area contributed by atoms with Crippen molar-refractivity contribution in [2.75, 3.05) is 0 Å². The van der Waals surface area contributed by atoms with Gasteiger partial charge in [0.2, 0.25) is 0 Å². The fourth-order valence-electron chi connectivity index (χ4n) is 1.25. The molecule has 64 valence electrons. The van der Waals surface area contributed by atoms with E-state index < -0.39 is 0 Å². The lowest BCUT2D eigenvalue weighted by Crippen LogP contribution is -1.92. The van der Waals surface area contributed by atoms with Gasteiger partial charge in [-0.25, -0.2) is 0 Å². The first kappa shape index (κ1) is 7.99. The SMILES string of the molecule is C1=CCC(=Nc2ccccc2)C=C1. The van der Waals surface area contributed by atoms with Crippen LogP contribution in [0.4, 0.5) is 5.69 Å². The van der Waals surface area contributed by atoms with Crippen molar-refractivity contribution in [1.29, 1.82) is 0 Å². The molecule has 1 heteroatoms. The minimum Gasteiger partial charge on any atom is -0.253 e. The Balaban J connectivity index is 2.21. The highest BCUT2D eigenvalue weighted by Gasteiger charge is 1.94. The molecule has 1 aromatic carbocycles. The molecule has 0 atom stereocenters. The molecule has 1 aliphatic rings. The quantitative estimate of drug-likeness (QED) is 0.611. The Hall–Kier alpha value is -1.63. The van der Waals surface area contributed by atoms with Crippen molar-refractivity contribution in [3.05, 3.63) is 54.6 Å². The van der Waals surface area contributed by atoms with Crippen molar-refractivity contribution in [3.63, 3.8) is 0 Å². The average molecular weight is 169 g/mol. The Morgan fingerprint density at radius 2 is 1.85 bits per heavy atom. The van der Waals surface area contributed by atoms with Gasteiger partial charge < -0.3 is 0 Å². The summed E-state index contributed by atoms with van der Waals surface area (Å²) in [5, 5.41) is 0. The molecule has 0 heterocycles. The second-order valence-corrected chi connectivity index (χ2v) is 2.93. The van der Waals surface area contributed by atoms with E-state index in [9.17, 15) is 0 Å². The van der Waals surface area contributed by atoms with E-state index in [1.54, 1.807) is 0 Å². The molecule has 0 radical (unpaired) electrons. The van der Waals surface area contributed by atoms with Crippen molar-refractivity contribution in [2.24, 2.45) is 4.99 Å². The molecule has 0 amide bonds. The van der Waals surface area contributed by atoms with Crippen LogP contribution in [0, 0.1) is 0 Å². The summed E-state index contributed by atoms with van der Waals surface area (Å²) in [5.74, 6) is 0. The second-order valence-electron chi connectivity index (χ2n) is 2.93. The van der Waals surface area contributed by atoms with E-state index in [2.05, 4.69) is 11.1 Å². The highest BCUT2D eigenvalue weighted by Crippen LogP contribution is 2.12. The molecule has 0 N–H and O–H groups in total. The van der Waals surface area contributed by atoms with E-state index in [4.69, 9.17) is 0 Å². The van der Waals surface area contributed by atoms with Crippen LogP contribution in [-0.2, 0) is 0 Å². The maximum Gasteiger partial charge on any atom is 0.0633 e. The third kappa shape index (κ3) is 2.15. The van der Waals surface area contributed by atoms with Crippen LogP contribution in [0.15, 0.2) is 59.6 Å². The van der Waals surface area contributed by atoms with Gasteiger partial charge in [-0.1, -0.05) is 36.4 Å². The van der Waals surface area contributed by atoms with E-state index in [-0.39, 0.29) is 0 Å². The largest absolute Gasteiger partial charge is 0.253 e. The van der Waals surface area contributed by atoms with Gasteiger partial charge in [0.05, 0.1) is 5.69 Å². The van der Waals surface area contributed by atoms with E-state index in [0.29, 0.717) is 0 Å². The molecule has 1 aromatic rings. The van der Waals surface area contributed by atoms with E-state index in [0.717, 1.165) is 17.8 Å². The number of benzene rings is 1. The van der Waals surface area contributed by atoms with Crippen molar-refractivity contribution in [2.45, 2.75) is 6.42 Å². The van der Waals surface area contributed by atoms with Gasteiger partial charge in [-0.15, -0.1) is 0 Å². The number of aliphatic imine (C=N–C) groups is 1. The summed E-state index contributed by atoms with van der Waals surface area (Å²) < 4.78 is 0. The molecule has 0 bridgehead atoms. The van der Waals surface area contributed by atoms with Gasteiger partial charge in [-0.2, -0.15) is 0 Å². The molecular formula is C12H11N. The van der Waals surface area contributed by atoms with Crippen LogP contribution in [0.1, 0.15) is 6.42 Å². The molecule has 0 aliphatic heterocycles. The maximum absolute atomic E-state index is 4.50. The first-order valence-electron chi connectivity index (χ1n) is 4.41. The van der Waals surface area contributed by atoms with Crippen molar-refractivity contribution in [3.8, 4) is 0 Å². The third-order valence-electron chi connectivity index (χ3n) is 1.89. The van der Waals surface area contributed by atoms with Crippen LogP contribution in [0.3, 0.4) is 0 Å². The number of rotatable bonds is 1. The first-order chi connectivity index (χ1) is 6.45. The normalized spacial score (nSPS) is 18.0. The van der Waals surface area contributed by atoms with Gasteiger partial charge in [-0.3, -0.25) is 4.99 Å². The lowest BCUT2D eigenvalue weighted by molar-refractivity contribution is 1.40. The van der Waals surface area contributed by atoms with Crippen molar-refractivity contribution >= 4 is 11.4 Å². The molecule has 13 heavy (non-hydrogen) atoms. The molecule has 2 rings (SSSR count). The monoisotopic (exact) mass is 169 g/mol. The molecule has 1 aliphatic carbocycles. The van der Waals surface area contributed by atoms with Gasteiger partial charge in [0.25, 0.3) is 0 Å². The molecule has 0 saturated carbocycles. The molecule has 0 spiro atoms. The number of hydrogen-bond donors (Lipinski definition) is 0. The molecular weight excluding hydrogens is 158 g/mol. The van der Waals surface area contributed by atoms with Gasteiger partial charge in [0.1, 0.15) is 0 Å². The molecule has 0 unspecified atom stereocenters. The zero-order chi connectivity index (χ0) is 8.93. The lowest BCUT2D eigenvalue weighted by atomic mass is 10.1. The Kier molecular flexibility index (Phi) is 2.37. The fraction of sp³-hybridized carbons (Fsp3) is 0.0833. The number of allylic oxidation sites excluding steroid dienone is 4. The van der Waals surface area contributed by atoms with Gasteiger partial charge in [-0.05, 0) is 18.2 Å².